The molecule has 0 aliphatic carbocycles. The number of halogens is 2. The first kappa shape index (κ1) is 14.8. The summed E-state index contributed by atoms with van der Waals surface area (Å²) in [6.07, 6.45) is -0.348. The number of ether oxygens (including phenoxy) is 1. The summed E-state index contributed by atoms with van der Waals surface area (Å²) < 4.78 is 18.6. The van der Waals surface area contributed by atoms with Gasteiger partial charge in [-0.25, -0.2) is 4.39 Å². The van der Waals surface area contributed by atoms with Gasteiger partial charge in [0.1, 0.15) is 18.2 Å². The van der Waals surface area contributed by atoms with Gasteiger partial charge < -0.3 is 9.84 Å². The number of hydrogen-bond donors (Lipinski definition) is 1. The Morgan fingerprint density at radius 2 is 2.05 bits per heavy atom. The minimum atomic E-state index is -0.700. The molecule has 4 heteroatoms. The lowest BCUT2D eigenvalue weighted by Crippen LogP contribution is -2.20. The summed E-state index contributed by atoms with van der Waals surface area (Å²) in [7, 11) is 0. The average Bonchev–Trinajstić information content (AvgIpc) is 2.41. The Morgan fingerprint density at radius 1 is 1.25 bits per heavy atom. The van der Waals surface area contributed by atoms with Gasteiger partial charge in [0.2, 0.25) is 0 Å². The maximum atomic E-state index is 13.2. The Labute approximate surface area is 122 Å². The fourth-order valence-corrected chi connectivity index (χ4v) is 2.10. The highest BCUT2D eigenvalue weighted by atomic mass is 35.5. The van der Waals surface area contributed by atoms with E-state index < -0.39 is 6.10 Å². The number of aliphatic hydroxyl groups excluding tert-OH is 1. The zero-order chi connectivity index (χ0) is 14.5. The van der Waals surface area contributed by atoms with Crippen molar-refractivity contribution in [3.8, 4) is 5.75 Å². The van der Waals surface area contributed by atoms with Crippen LogP contribution in [0.15, 0.2) is 42.5 Å². The van der Waals surface area contributed by atoms with E-state index >= 15 is 0 Å². The maximum absolute atomic E-state index is 13.2. The van der Waals surface area contributed by atoms with E-state index in [1.165, 1.54) is 12.1 Å². The van der Waals surface area contributed by atoms with Crippen LogP contribution in [0.2, 0.25) is 5.02 Å². The summed E-state index contributed by atoms with van der Waals surface area (Å²) in [5.41, 5.74) is 1.74. The van der Waals surface area contributed by atoms with Crippen LogP contribution < -0.4 is 4.74 Å². The third kappa shape index (κ3) is 4.22. The second kappa shape index (κ2) is 6.73. The lowest BCUT2D eigenvalue weighted by Gasteiger charge is -2.14. The van der Waals surface area contributed by atoms with Gasteiger partial charge in [-0.3, -0.25) is 0 Å². The standard InChI is InChI=1S/C16H16ClFO2/c1-11-5-6-14(18)7-12(11)8-15(19)10-20-16-4-2-3-13(17)9-16/h2-7,9,15,19H,8,10H2,1H3. The third-order valence-corrected chi connectivity index (χ3v) is 3.24. The van der Waals surface area contributed by atoms with Crippen LogP contribution in [0.1, 0.15) is 11.1 Å². The minimum Gasteiger partial charge on any atom is -0.491 e. The summed E-state index contributed by atoms with van der Waals surface area (Å²) in [5, 5.41) is 10.5. The first-order valence-electron chi connectivity index (χ1n) is 6.36. The molecular formula is C16H16ClFO2. The molecule has 106 valence electrons. The highest BCUT2D eigenvalue weighted by Crippen LogP contribution is 2.18. The predicted octanol–water partition coefficient (Wildman–Crippen LogP) is 3.77. The summed E-state index contributed by atoms with van der Waals surface area (Å²) in [4.78, 5) is 0. The van der Waals surface area contributed by atoms with E-state index in [-0.39, 0.29) is 12.4 Å². The smallest absolute Gasteiger partial charge is 0.123 e. The van der Waals surface area contributed by atoms with Crippen LogP contribution in [-0.4, -0.2) is 17.8 Å². The van der Waals surface area contributed by atoms with Crippen molar-refractivity contribution in [1.82, 2.24) is 0 Å². The molecule has 1 atom stereocenters. The van der Waals surface area contributed by atoms with Crippen LogP contribution in [0.3, 0.4) is 0 Å². The van der Waals surface area contributed by atoms with Gasteiger partial charge in [0.15, 0.2) is 0 Å². The monoisotopic (exact) mass is 294 g/mol. The lowest BCUT2D eigenvalue weighted by molar-refractivity contribution is 0.107. The molecule has 0 saturated carbocycles. The molecule has 0 aliphatic rings. The normalized spacial score (nSPS) is 12.2. The highest BCUT2D eigenvalue weighted by molar-refractivity contribution is 6.30. The maximum Gasteiger partial charge on any atom is 0.123 e. The zero-order valence-corrected chi connectivity index (χ0v) is 11.9. The predicted molar refractivity (Wildman–Crippen MR) is 77.8 cm³/mol. The zero-order valence-electron chi connectivity index (χ0n) is 11.1. The largest absolute Gasteiger partial charge is 0.491 e. The molecule has 0 amide bonds. The minimum absolute atomic E-state index is 0.135. The van der Waals surface area contributed by atoms with Gasteiger partial charge in [0.25, 0.3) is 0 Å². The summed E-state index contributed by atoms with van der Waals surface area (Å²) >= 11 is 5.84. The molecule has 0 saturated heterocycles. The van der Waals surface area contributed by atoms with E-state index in [0.717, 1.165) is 11.1 Å². The van der Waals surface area contributed by atoms with Crippen molar-refractivity contribution in [1.29, 1.82) is 0 Å². The van der Waals surface area contributed by atoms with E-state index in [1.54, 1.807) is 30.3 Å². The van der Waals surface area contributed by atoms with Crippen molar-refractivity contribution in [3.05, 3.63) is 64.4 Å². The molecule has 1 unspecified atom stereocenters. The number of aryl methyl sites for hydroxylation is 1. The molecule has 2 nitrogen and oxygen atoms in total. The first-order chi connectivity index (χ1) is 9.54. The van der Waals surface area contributed by atoms with Gasteiger partial charge in [-0.05, 0) is 48.4 Å². The lowest BCUT2D eigenvalue weighted by atomic mass is 10.0. The Balaban J connectivity index is 1.92. The summed E-state index contributed by atoms with van der Waals surface area (Å²) in [5.74, 6) is 0.307. The van der Waals surface area contributed by atoms with E-state index in [4.69, 9.17) is 16.3 Å². The highest BCUT2D eigenvalue weighted by Gasteiger charge is 2.10. The van der Waals surface area contributed by atoms with Crippen molar-refractivity contribution in [2.75, 3.05) is 6.61 Å². The molecule has 0 aromatic heterocycles. The molecule has 2 aromatic rings. The van der Waals surface area contributed by atoms with Crippen LogP contribution in [0, 0.1) is 12.7 Å². The van der Waals surface area contributed by atoms with Crippen LogP contribution in [-0.2, 0) is 6.42 Å². The number of benzene rings is 2. The second-order valence-electron chi connectivity index (χ2n) is 4.70. The number of hydrogen-bond acceptors (Lipinski definition) is 2. The SMILES string of the molecule is Cc1ccc(F)cc1CC(O)COc1cccc(Cl)c1. The third-order valence-electron chi connectivity index (χ3n) is 3.01. The van der Waals surface area contributed by atoms with Gasteiger partial charge in [0, 0.05) is 11.4 Å². The number of rotatable bonds is 5. The molecule has 0 bridgehead atoms. The van der Waals surface area contributed by atoms with Crippen molar-refractivity contribution in [2.24, 2.45) is 0 Å². The van der Waals surface area contributed by atoms with Gasteiger partial charge in [-0.2, -0.15) is 0 Å². The second-order valence-corrected chi connectivity index (χ2v) is 5.13. The Hall–Kier alpha value is -1.58. The average molecular weight is 295 g/mol. The topological polar surface area (TPSA) is 29.5 Å². The first-order valence-corrected chi connectivity index (χ1v) is 6.74. The van der Waals surface area contributed by atoms with Crippen LogP contribution in [0.5, 0.6) is 5.75 Å². The number of aliphatic hydroxyl groups is 1. The van der Waals surface area contributed by atoms with Crippen molar-refractivity contribution in [2.45, 2.75) is 19.4 Å². The van der Waals surface area contributed by atoms with Crippen LogP contribution in [0.25, 0.3) is 0 Å². The van der Waals surface area contributed by atoms with Gasteiger partial charge in [-0.1, -0.05) is 23.7 Å². The summed E-state index contributed by atoms with van der Waals surface area (Å²) in [6, 6.07) is 11.5. The van der Waals surface area contributed by atoms with Crippen molar-refractivity contribution in [3.63, 3.8) is 0 Å². The molecular weight excluding hydrogens is 279 g/mol. The van der Waals surface area contributed by atoms with Gasteiger partial charge in [-0.15, -0.1) is 0 Å². The van der Waals surface area contributed by atoms with Gasteiger partial charge >= 0.3 is 0 Å². The van der Waals surface area contributed by atoms with E-state index in [9.17, 15) is 9.50 Å². The van der Waals surface area contributed by atoms with E-state index in [0.29, 0.717) is 17.2 Å². The fourth-order valence-electron chi connectivity index (χ4n) is 1.92. The fraction of sp³-hybridized carbons (Fsp3) is 0.250. The Kier molecular flexibility index (Phi) is 4.99. The molecule has 0 heterocycles. The molecule has 20 heavy (non-hydrogen) atoms. The van der Waals surface area contributed by atoms with Crippen LogP contribution >= 0.6 is 11.6 Å². The Bertz CT molecular complexity index is 586. The van der Waals surface area contributed by atoms with E-state index in [2.05, 4.69) is 0 Å². The quantitative estimate of drug-likeness (QED) is 0.909. The molecule has 0 fully saturated rings. The Morgan fingerprint density at radius 3 is 2.80 bits per heavy atom. The van der Waals surface area contributed by atoms with E-state index in [1.807, 2.05) is 6.92 Å². The van der Waals surface area contributed by atoms with Crippen molar-refractivity contribution < 1.29 is 14.2 Å². The molecule has 1 N–H and O–H groups in total. The molecule has 0 radical (unpaired) electrons. The molecule has 0 spiro atoms. The summed E-state index contributed by atoms with van der Waals surface area (Å²) in [6.45, 7) is 2.02. The molecule has 2 rings (SSSR count). The van der Waals surface area contributed by atoms with Gasteiger partial charge in [0.05, 0.1) is 6.10 Å². The van der Waals surface area contributed by atoms with Crippen LogP contribution in [0.4, 0.5) is 4.39 Å². The molecule has 0 aliphatic heterocycles. The van der Waals surface area contributed by atoms with Crippen molar-refractivity contribution >= 4 is 11.6 Å². The molecule has 2 aromatic carbocycles.